The predicted octanol–water partition coefficient (Wildman–Crippen LogP) is 3.92. The van der Waals surface area contributed by atoms with Gasteiger partial charge in [0, 0.05) is 36.5 Å². The van der Waals surface area contributed by atoms with E-state index in [0.29, 0.717) is 12.1 Å². The third-order valence-corrected chi connectivity index (χ3v) is 3.89. The number of nitrogens with one attached hydrogen (secondary N) is 2. The maximum atomic E-state index is 14.2. The molecule has 27 heavy (non-hydrogen) atoms. The third-order valence-electron chi connectivity index (χ3n) is 3.60. The van der Waals surface area contributed by atoms with Crippen LogP contribution in [0.3, 0.4) is 0 Å². The van der Waals surface area contributed by atoms with Gasteiger partial charge in [-0.1, -0.05) is 11.6 Å². The number of pyridine rings is 1. The van der Waals surface area contributed by atoms with Crippen molar-refractivity contribution in [3.05, 3.63) is 45.3 Å². The van der Waals surface area contributed by atoms with Gasteiger partial charge in [-0.2, -0.15) is 4.98 Å². The van der Waals surface area contributed by atoms with Crippen LogP contribution in [0.15, 0.2) is 23.4 Å². The molecule has 2 N–H and O–H groups in total. The van der Waals surface area contributed by atoms with Gasteiger partial charge in [0.2, 0.25) is 0 Å². The maximum absolute atomic E-state index is 14.2. The van der Waals surface area contributed by atoms with Crippen molar-refractivity contribution >= 4 is 34.5 Å². The molecular formula is C16H14ClF2N5O3. The minimum atomic E-state index is -0.778. The zero-order valence-corrected chi connectivity index (χ0v) is 14.8. The first-order valence-corrected chi connectivity index (χ1v) is 8.12. The molecule has 8 nitrogen and oxygen atoms in total. The highest BCUT2D eigenvalue weighted by molar-refractivity contribution is 6.33. The van der Waals surface area contributed by atoms with Crippen LogP contribution in [-0.2, 0) is 11.3 Å². The molecule has 0 bridgehead atoms. The van der Waals surface area contributed by atoms with Crippen LogP contribution >= 0.6 is 11.6 Å². The largest absolute Gasteiger partial charge is 0.491 e. The molecule has 0 spiro atoms. The molecule has 0 saturated carbocycles. The summed E-state index contributed by atoms with van der Waals surface area (Å²) in [7, 11) is 1.50. The summed E-state index contributed by atoms with van der Waals surface area (Å²) in [5.74, 6) is -1.48. The number of H-pyrrole nitrogens is 1. The van der Waals surface area contributed by atoms with E-state index in [9.17, 15) is 13.7 Å². The molecule has 0 fully saturated rings. The van der Waals surface area contributed by atoms with E-state index < -0.39 is 11.6 Å². The molecule has 0 unspecified atom stereocenters. The lowest BCUT2D eigenvalue weighted by Crippen LogP contribution is -2.09. The highest BCUT2D eigenvalue weighted by atomic mass is 35.5. The van der Waals surface area contributed by atoms with E-state index >= 15 is 0 Å². The fourth-order valence-corrected chi connectivity index (χ4v) is 2.54. The predicted molar refractivity (Wildman–Crippen MR) is 95.4 cm³/mol. The van der Waals surface area contributed by atoms with Crippen LogP contribution in [0.2, 0.25) is 5.02 Å². The summed E-state index contributed by atoms with van der Waals surface area (Å²) < 4.78 is 38.4. The Balaban J connectivity index is 1.77. The first-order chi connectivity index (χ1) is 13.0. The second kappa shape index (κ2) is 8.23. The van der Waals surface area contributed by atoms with Gasteiger partial charge in [-0.05, 0) is 6.07 Å². The van der Waals surface area contributed by atoms with Crippen LogP contribution in [0.25, 0.3) is 11.2 Å². The number of methoxy groups -OCH3 is 1. The Morgan fingerprint density at radius 3 is 2.63 bits per heavy atom. The molecule has 2 heterocycles. The molecule has 1 aromatic carbocycles. The van der Waals surface area contributed by atoms with Crippen LogP contribution in [0.4, 0.5) is 20.5 Å². The summed E-state index contributed by atoms with van der Waals surface area (Å²) in [5.41, 5.74) is 0.402. The lowest BCUT2D eigenvalue weighted by molar-refractivity contribution is 0.146. The Hall–Kier alpha value is -2.85. The summed E-state index contributed by atoms with van der Waals surface area (Å²) in [4.78, 5) is 21.1. The van der Waals surface area contributed by atoms with Crippen molar-refractivity contribution in [2.45, 2.75) is 6.54 Å². The van der Waals surface area contributed by atoms with E-state index in [1.807, 2.05) is 0 Å². The minimum Gasteiger partial charge on any atom is -0.491 e. The van der Waals surface area contributed by atoms with Gasteiger partial charge in [0.05, 0.1) is 17.1 Å². The minimum absolute atomic E-state index is 0.0637. The number of hydrogen-bond acceptors (Lipinski definition) is 7. The zero-order chi connectivity index (χ0) is 19.4. The van der Waals surface area contributed by atoms with E-state index in [4.69, 9.17) is 21.1 Å². The fourth-order valence-electron chi connectivity index (χ4n) is 2.32. The van der Waals surface area contributed by atoms with Gasteiger partial charge in [0.15, 0.2) is 5.65 Å². The maximum Gasteiger partial charge on any atom is 0.271 e. The normalized spacial score (nSPS) is 11.0. The van der Waals surface area contributed by atoms with Crippen LogP contribution in [-0.4, -0.2) is 35.3 Å². The van der Waals surface area contributed by atoms with Crippen LogP contribution in [0.5, 0.6) is 5.75 Å². The summed E-state index contributed by atoms with van der Waals surface area (Å²) in [5, 5.41) is 5.62. The summed E-state index contributed by atoms with van der Waals surface area (Å²) in [6.07, 6.45) is 0. The highest BCUT2D eigenvalue weighted by Crippen LogP contribution is 2.27. The smallest absolute Gasteiger partial charge is 0.271 e. The van der Waals surface area contributed by atoms with E-state index in [0.717, 1.165) is 12.1 Å². The molecule has 0 radical (unpaired) electrons. The van der Waals surface area contributed by atoms with Gasteiger partial charge in [0.1, 0.15) is 29.8 Å². The molecule has 142 valence electrons. The highest BCUT2D eigenvalue weighted by Gasteiger charge is 2.14. The molecule has 0 saturated heterocycles. The molecule has 0 amide bonds. The Labute approximate surface area is 156 Å². The molecule has 11 heteroatoms. The second-order valence-electron chi connectivity index (χ2n) is 5.40. The van der Waals surface area contributed by atoms with Crippen molar-refractivity contribution in [3.63, 3.8) is 0 Å². The molecule has 2 aromatic heterocycles. The van der Waals surface area contributed by atoms with E-state index in [1.165, 1.54) is 13.2 Å². The van der Waals surface area contributed by atoms with Crippen molar-refractivity contribution in [2.75, 3.05) is 25.6 Å². The van der Waals surface area contributed by atoms with Gasteiger partial charge < -0.3 is 19.8 Å². The number of benzene rings is 1. The molecule has 3 rings (SSSR count). The van der Waals surface area contributed by atoms with Gasteiger partial charge >= 0.3 is 0 Å². The van der Waals surface area contributed by atoms with Gasteiger partial charge in [-0.15, -0.1) is 4.91 Å². The summed E-state index contributed by atoms with van der Waals surface area (Å²) >= 11 is 6.10. The standard InChI is InChI=1S/C16H14ClF2N5O3/c1-26-2-3-27-8-4-11(18)9(12(19)5-8)7-20-14-10(17)6-13-15(22-14)23-16(21-13)24-25/h4-6H,2-3,7H2,1H3,(H2,20,21,22,23). The lowest BCUT2D eigenvalue weighted by atomic mass is 10.2. The Bertz CT molecular complexity index is 959. The second-order valence-corrected chi connectivity index (χ2v) is 5.81. The molecular weight excluding hydrogens is 384 g/mol. The average molecular weight is 398 g/mol. The van der Waals surface area contributed by atoms with Crippen LogP contribution in [0.1, 0.15) is 5.56 Å². The van der Waals surface area contributed by atoms with Crippen molar-refractivity contribution in [2.24, 2.45) is 5.18 Å². The van der Waals surface area contributed by atoms with Crippen molar-refractivity contribution in [3.8, 4) is 5.75 Å². The first kappa shape index (κ1) is 18.9. The Kier molecular flexibility index (Phi) is 5.77. The number of aromatic amines is 1. The number of hydrogen-bond donors (Lipinski definition) is 2. The first-order valence-electron chi connectivity index (χ1n) is 7.75. The van der Waals surface area contributed by atoms with Gasteiger partial charge in [-0.25, -0.2) is 13.8 Å². The number of imidazole rings is 1. The molecule has 0 atom stereocenters. The van der Waals surface area contributed by atoms with Crippen molar-refractivity contribution < 1.29 is 18.3 Å². The Morgan fingerprint density at radius 1 is 1.22 bits per heavy atom. The van der Waals surface area contributed by atoms with E-state index in [-0.39, 0.29) is 46.9 Å². The van der Waals surface area contributed by atoms with E-state index in [2.05, 4.69) is 25.4 Å². The fraction of sp³-hybridized carbons (Fsp3) is 0.250. The summed E-state index contributed by atoms with van der Waals surface area (Å²) in [6, 6.07) is 3.65. The SMILES string of the molecule is COCCOc1cc(F)c(CNc2nc3nc(N=O)[nH]c3cc2Cl)c(F)c1. The monoisotopic (exact) mass is 397 g/mol. The average Bonchev–Trinajstić information content (AvgIpc) is 3.03. The van der Waals surface area contributed by atoms with Crippen LogP contribution < -0.4 is 10.1 Å². The lowest BCUT2D eigenvalue weighted by Gasteiger charge is -2.11. The molecule has 0 aliphatic carbocycles. The van der Waals surface area contributed by atoms with Crippen molar-refractivity contribution in [1.82, 2.24) is 15.0 Å². The number of ether oxygens (including phenoxy) is 2. The molecule has 0 aliphatic heterocycles. The van der Waals surface area contributed by atoms with Gasteiger partial charge in [0.25, 0.3) is 5.95 Å². The van der Waals surface area contributed by atoms with Crippen molar-refractivity contribution in [1.29, 1.82) is 0 Å². The topological polar surface area (TPSA) is 101 Å². The number of nitroso groups, excluding NO2 is 1. The number of aromatic nitrogens is 3. The zero-order valence-electron chi connectivity index (χ0n) is 14.1. The molecule has 0 aliphatic rings. The number of fused-ring (bicyclic) bond motifs is 1. The number of nitrogens with zero attached hydrogens (tertiary/aromatic N) is 3. The quantitative estimate of drug-likeness (QED) is 0.441. The number of rotatable bonds is 8. The number of halogens is 3. The Morgan fingerprint density at radius 2 is 1.96 bits per heavy atom. The van der Waals surface area contributed by atoms with Gasteiger partial charge in [-0.3, -0.25) is 0 Å². The summed E-state index contributed by atoms with van der Waals surface area (Å²) in [6.45, 7) is 0.263. The third kappa shape index (κ3) is 4.29. The molecule has 3 aromatic rings. The van der Waals surface area contributed by atoms with E-state index in [1.54, 1.807) is 0 Å². The number of anilines is 1. The van der Waals surface area contributed by atoms with Crippen LogP contribution in [0, 0.1) is 16.5 Å².